The molecule has 3 heteroatoms. The summed E-state index contributed by atoms with van der Waals surface area (Å²) in [5.74, 6) is 4.96. The third kappa shape index (κ3) is 2.99. The van der Waals surface area contributed by atoms with Gasteiger partial charge in [0.2, 0.25) is 6.41 Å². The Morgan fingerprint density at radius 2 is 2.29 bits per heavy atom. The molecule has 0 saturated carbocycles. The Morgan fingerprint density at radius 1 is 1.71 bits per heavy atom. The van der Waals surface area contributed by atoms with E-state index in [1.165, 1.54) is 6.20 Å². The highest BCUT2D eigenvalue weighted by molar-refractivity contribution is 5.47. The van der Waals surface area contributed by atoms with Gasteiger partial charge in [0.1, 0.15) is 0 Å². The highest BCUT2D eigenvalue weighted by Gasteiger charge is 1.76. The smallest absolute Gasteiger partial charge is 0.227 e. The molecule has 0 aliphatic carbocycles. The second kappa shape index (κ2) is 3.36. The minimum absolute atomic E-state index is 0.528. The summed E-state index contributed by atoms with van der Waals surface area (Å²) in [7, 11) is 0. The summed E-state index contributed by atoms with van der Waals surface area (Å²) in [4.78, 5) is 9.64. The number of rotatable bonds is 2. The molecule has 0 fully saturated rings. The fourth-order valence-corrected chi connectivity index (χ4v) is 0.207. The molecule has 7 heavy (non-hydrogen) atoms. The number of nitrogens with two attached hydrogens (primary N) is 1. The molecule has 0 aromatic rings. The first kappa shape index (κ1) is 6.17. The molecule has 0 atom stereocenters. The molecule has 1 amide bonds. The largest absolute Gasteiger partial charge is 0.277 e. The molecule has 0 aliphatic heterocycles. The van der Waals surface area contributed by atoms with E-state index in [0.29, 0.717) is 6.41 Å². The van der Waals surface area contributed by atoms with Crippen LogP contribution in [0.2, 0.25) is 0 Å². The van der Waals surface area contributed by atoms with E-state index in [1.807, 2.05) is 0 Å². The normalized spacial score (nSPS) is 9.43. The van der Waals surface area contributed by atoms with E-state index in [-0.39, 0.29) is 0 Å². The Hall–Kier alpha value is -0.830. The number of carbonyl (C=O) groups is 1. The molecular formula is C4H8N2O. The molecule has 0 bridgehead atoms. The average Bonchev–Trinajstić information content (AvgIpc) is 1.68. The van der Waals surface area contributed by atoms with Crippen LogP contribution in [-0.4, -0.2) is 11.4 Å². The quantitative estimate of drug-likeness (QED) is 0.227. The maximum atomic E-state index is 9.64. The zero-order chi connectivity index (χ0) is 5.70. The van der Waals surface area contributed by atoms with Crippen molar-refractivity contribution in [2.24, 2.45) is 5.84 Å². The minimum atomic E-state index is 0.528. The summed E-state index contributed by atoms with van der Waals surface area (Å²) in [5, 5.41) is 0.944. The predicted octanol–water partition coefficient (Wildman–Crippen LogP) is -0.148. The molecule has 40 valence electrons. The molecule has 0 saturated heterocycles. The number of hydrogen-bond acceptors (Lipinski definition) is 2. The minimum Gasteiger partial charge on any atom is -0.277 e. The first-order valence-electron chi connectivity index (χ1n) is 1.92. The van der Waals surface area contributed by atoms with E-state index in [9.17, 15) is 4.79 Å². The number of amides is 1. The standard InChI is InChI=1S/C4H8N2O/c1-2-3-6(5)4-7/h2-4H,5H2,1H3. The van der Waals surface area contributed by atoms with Crippen molar-refractivity contribution in [3.63, 3.8) is 0 Å². The third-order valence-electron chi connectivity index (χ3n) is 0.443. The van der Waals surface area contributed by atoms with Gasteiger partial charge in [-0.2, -0.15) is 0 Å². The molecule has 0 radical (unpaired) electrons. The zero-order valence-corrected chi connectivity index (χ0v) is 4.16. The number of nitrogens with zero attached hydrogens (tertiary/aromatic N) is 1. The van der Waals surface area contributed by atoms with Gasteiger partial charge in [0.25, 0.3) is 0 Å². The van der Waals surface area contributed by atoms with Crippen molar-refractivity contribution < 1.29 is 4.79 Å². The van der Waals surface area contributed by atoms with E-state index in [4.69, 9.17) is 5.84 Å². The Morgan fingerprint density at radius 3 is 2.43 bits per heavy atom. The van der Waals surface area contributed by atoms with Crippen LogP contribution in [0.5, 0.6) is 0 Å². The van der Waals surface area contributed by atoms with Crippen LogP contribution in [0.4, 0.5) is 0 Å². The van der Waals surface area contributed by atoms with Gasteiger partial charge in [-0.1, -0.05) is 6.08 Å². The first-order chi connectivity index (χ1) is 3.31. The van der Waals surface area contributed by atoms with Crippen LogP contribution in [-0.2, 0) is 4.79 Å². The molecule has 3 nitrogen and oxygen atoms in total. The van der Waals surface area contributed by atoms with Crippen LogP contribution >= 0.6 is 0 Å². The highest BCUT2D eigenvalue weighted by atomic mass is 16.1. The Bertz CT molecular complexity index is 79.8. The van der Waals surface area contributed by atoms with E-state index in [0.717, 1.165) is 5.01 Å². The van der Waals surface area contributed by atoms with Crippen molar-refractivity contribution in [3.05, 3.63) is 12.3 Å². The number of hydrogen-bond donors (Lipinski definition) is 1. The van der Waals surface area contributed by atoms with Gasteiger partial charge < -0.3 is 0 Å². The zero-order valence-electron chi connectivity index (χ0n) is 4.16. The molecule has 0 unspecified atom stereocenters. The van der Waals surface area contributed by atoms with Gasteiger partial charge in [-0.05, 0) is 6.92 Å². The first-order valence-corrected chi connectivity index (χ1v) is 1.92. The summed E-state index contributed by atoms with van der Waals surface area (Å²) in [5.41, 5.74) is 0. The van der Waals surface area contributed by atoms with Gasteiger partial charge in [-0.3, -0.25) is 9.80 Å². The lowest BCUT2D eigenvalue weighted by Gasteiger charge is -1.97. The predicted molar refractivity (Wildman–Crippen MR) is 26.9 cm³/mol. The summed E-state index contributed by atoms with van der Waals surface area (Å²) < 4.78 is 0. The average molecular weight is 100 g/mol. The lowest BCUT2D eigenvalue weighted by atomic mass is 10.7. The lowest BCUT2D eigenvalue weighted by Crippen LogP contribution is -2.22. The summed E-state index contributed by atoms with van der Waals surface area (Å²) in [6.45, 7) is 1.78. The summed E-state index contributed by atoms with van der Waals surface area (Å²) >= 11 is 0. The summed E-state index contributed by atoms with van der Waals surface area (Å²) in [6.07, 6.45) is 3.67. The Balaban J connectivity index is 3.35. The van der Waals surface area contributed by atoms with Gasteiger partial charge in [0.15, 0.2) is 0 Å². The van der Waals surface area contributed by atoms with Crippen LogP contribution in [0.25, 0.3) is 0 Å². The molecule has 0 rings (SSSR count). The monoisotopic (exact) mass is 100 g/mol. The lowest BCUT2D eigenvalue weighted by molar-refractivity contribution is -0.116. The molecular weight excluding hydrogens is 92.1 g/mol. The maximum absolute atomic E-state index is 9.64. The van der Waals surface area contributed by atoms with Crippen molar-refractivity contribution in [2.75, 3.05) is 0 Å². The second-order valence-electron chi connectivity index (χ2n) is 1.04. The van der Waals surface area contributed by atoms with Gasteiger partial charge in [0, 0.05) is 6.20 Å². The van der Waals surface area contributed by atoms with Crippen LogP contribution in [0.1, 0.15) is 6.92 Å². The number of hydrazine groups is 1. The van der Waals surface area contributed by atoms with Crippen LogP contribution in [0, 0.1) is 0 Å². The fraction of sp³-hybridized carbons (Fsp3) is 0.250. The van der Waals surface area contributed by atoms with Crippen LogP contribution < -0.4 is 5.84 Å². The highest BCUT2D eigenvalue weighted by Crippen LogP contribution is 1.69. The maximum Gasteiger partial charge on any atom is 0.227 e. The van der Waals surface area contributed by atoms with E-state index >= 15 is 0 Å². The molecule has 0 aliphatic rings. The molecule has 0 heterocycles. The van der Waals surface area contributed by atoms with Gasteiger partial charge >= 0.3 is 0 Å². The van der Waals surface area contributed by atoms with E-state index < -0.39 is 0 Å². The number of allylic oxidation sites excluding steroid dienone is 1. The Kier molecular flexibility index (Phi) is 2.96. The van der Waals surface area contributed by atoms with Crippen molar-refractivity contribution in [3.8, 4) is 0 Å². The van der Waals surface area contributed by atoms with E-state index in [1.54, 1.807) is 13.0 Å². The topological polar surface area (TPSA) is 46.3 Å². The molecule has 0 aromatic carbocycles. The van der Waals surface area contributed by atoms with Crippen LogP contribution in [0.3, 0.4) is 0 Å². The van der Waals surface area contributed by atoms with Crippen molar-refractivity contribution in [1.82, 2.24) is 5.01 Å². The molecule has 0 spiro atoms. The van der Waals surface area contributed by atoms with Crippen LogP contribution in [0.15, 0.2) is 12.3 Å². The van der Waals surface area contributed by atoms with Gasteiger partial charge in [-0.15, -0.1) is 0 Å². The van der Waals surface area contributed by atoms with Crippen molar-refractivity contribution >= 4 is 6.41 Å². The third-order valence-corrected chi connectivity index (χ3v) is 0.443. The Labute approximate surface area is 42.4 Å². The molecule has 2 N–H and O–H groups in total. The SMILES string of the molecule is CC=CN(N)C=O. The fourth-order valence-electron chi connectivity index (χ4n) is 0.207. The summed E-state index contributed by atoms with van der Waals surface area (Å²) in [6, 6.07) is 0. The number of carbonyl (C=O) groups excluding carboxylic acids is 1. The molecule has 0 aromatic heterocycles. The second-order valence-corrected chi connectivity index (χ2v) is 1.04. The van der Waals surface area contributed by atoms with E-state index in [2.05, 4.69) is 0 Å². The van der Waals surface area contributed by atoms with Crippen molar-refractivity contribution in [2.45, 2.75) is 6.92 Å². The van der Waals surface area contributed by atoms with Gasteiger partial charge in [0.05, 0.1) is 0 Å². The van der Waals surface area contributed by atoms with Crippen molar-refractivity contribution in [1.29, 1.82) is 0 Å². The van der Waals surface area contributed by atoms with Gasteiger partial charge in [-0.25, -0.2) is 5.84 Å².